The number of alkyl halides is 11. The van der Waals surface area contributed by atoms with Gasteiger partial charge in [-0.25, -0.2) is 8.42 Å². The third-order valence-corrected chi connectivity index (χ3v) is 5.61. The lowest BCUT2D eigenvalue weighted by atomic mass is 10.1. The van der Waals surface area contributed by atoms with Crippen LogP contribution in [0.4, 0.5) is 59.0 Å². The zero-order chi connectivity index (χ0) is 23.3. The van der Waals surface area contributed by atoms with Crippen molar-refractivity contribution >= 4 is 32.1 Å². The van der Waals surface area contributed by atoms with E-state index in [-0.39, 0.29) is 29.7 Å². The molecule has 0 saturated heterocycles. The van der Waals surface area contributed by atoms with Crippen LogP contribution in [0.1, 0.15) is 16.8 Å². The number of aromatic nitrogens is 1. The van der Waals surface area contributed by atoms with E-state index in [0.717, 1.165) is 0 Å². The molecule has 4 nitrogen and oxygen atoms in total. The van der Waals surface area contributed by atoms with Gasteiger partial charge in [0.25, 0.3) is 0 Å². The van der Waals surface area contributed by atoms with E-state index in [1.165, 1.54) is 0 Å². The maximum Gasteiger partial charge on any atom is 0.435 e. The number of halogens is 11. The van der Waals surface area contributed by atoms with Crippen molar-refractivity contribution in [1.82, 2.24) is 4.37 Å². The molecule has 0 radical (unpaired) electrons. The highest BCUT2D eigenvalue weighted by molar-refractivity contribution is 7.92. The SMILES string of the molecule is O=S(=O)(c1c(C(F)(F)F)nsc1Nc1cc(C(F)(F)F)cc(C(F)(F)F)c1)C(F)F. The summed E-state index contributed by atoms with van der Waals surface area (Å²) in [6.07, 6.45) is -16.2. The number of sulfone groups is 1. The summed E-state index contributed by atoms with van der Waals surface area (Å²) in [5, 5.41) is 0.257. The Morgan fingerprint density at radius 2 is 1.30 bits per heavy atom. The summed E-state index contributed by atoms with van der Waals surface area (Å²) in [6.45, 7) is 0. The second-order valence-corrected chi connectivity index (χ2v) is 8.04. The first-order valence-electron chi connectivity index (χ1n) is 7.00. The second kappa shape index (κ2) is 7.51. The molecule has 0 spiro atoms. The molecule has 0 unspecified atom stereocenters. The van der Waals surface area contributed by atoms with E-state index in [4.69, 9.17) is 0 Å². The molecule has 2 rings (SSSR count). The predicted octanol–water partition coefficient (Wildman–Crippen LogP) is 5.94. The van der Waals surface area contributed by atoms with Gasteiger partial charge in [0.05, 0.1) is 11.1 Å². The summed E-state index contributed by atoms with van der Waals surface area (Å²) in [5.41, 5.74) is -7.20. The van der Waals surface area contributed by atoms with Crippen molar-refractivity contribution in [1.29, 1.82) is 0 Å². The van der Waals surface area contributed by atoms with Gasteiger partial charge in [0.1, 0.15) is 9.90 Å². The van der Waals surface area contributed by atoms with Gasteiger partial charge in [0.15, 0.2) is 5.69 Å². The Bertz CT molecular complexity index is 1000. The Hall–Kier alpha value is -2.17. The molecule has 0 bridgehead atoms. The Labute approximate surface area is 163 Å². The van der Waals surface area contributed by atoms with E-state index >= 15 is 0 Å². The van der Waals surface area contributed by atoms with E-state index in [9.17, 15) is 56.7 Å². The molecule has 0 amide bonds. The summed E-state index contributed by atoms with van der Waals surface area (Å²) in [5.74, 6) is -4.37. The van der Waals surface area contributed by atoms with Crippen molar-refractivity contribution in [2.24, 2.45) is 0 Å². The zero-order valence-corrected chi connectivity index (χ0v) is 15.2. The Morgan fingerprint density at radius 1 is 0.833 bits per heavy atom. The molecule has 17 heteroatoms. The van der Waals surface area contributed by atoms with Crippen molar-refractivity contribution in [2.45, 2.75) is 29.2 Å². The quantitative estimate of drug-likeness (QED) is 0.535. The van der Waals surface area contributed by atoms with E-state index < -0.39 is 66.5 Å². The molecular weight excluding hydrogens is 489 g/mol. The fraction of sp³-hybridized carbons (Fsp3) is 0.308. The summed E-state index contributed by atoms with van der Waals surface area (Å²) < 4.78 is 168. The third-order valence-electron chi connectivity index (χ3n) is 3.28. The molecule has 0 saturated carbocycles. The topological polar surface area (TPSA) is 59.1 Å². The summed E-state index contributed by atoms with van der Waals surface area (Å²) in [6, 6.07) is -0.238. The van der Waals surface area contributed by atoms with Crippen molar-refractivity contribution in [3.8, 4) is 0 Å². The van der Waals surface area contributed by atoms with Crippen LogP contribution in [0.2, 0.25) is 0 Å². The third kappa shape index (κ3) is 4.93. The Kier molecular flexibility index (Phi) is 6.03. The van der Waals surface area contributed by atoms with Crippen LogP contribution < -0.4 is 5.32 Å². The number of hydrogen-bond acceptors (Lipinski definition) is 5. The molecule has 1 heterocycles. The van der Waals surface area contributed by atoms with Crippen LogP contribution in [0.3, 0.4) is 0 Å². The molecule has 1 N–H and O–H groups in total. The highest BCUT2D eigenvalue weighted by atomic mass is 32.2. The molecule has 0 fully saturated rings. The number of hydrogen-bond donors (Lipinski definition) is 1. The molecular formula is C13H5F11N2O2S2. The largest absolute Gasteiger partial charge is 0.435 e. The van der Waals surface area contributed by atoms with Crippen LogP contribution in [0, 0.1) is 0 Å². The van der Waals surface area contributed by atoms with Crippen LogP contribution in [0.25, 0.3) is 0 Å². The predicted molar refractivity (Wildman–Crippen MR) is 80.0 cm³/mol. The highest BCUT2D eigenvalue weighted by Gasteiger charge is 2.45. The fourth-order valence-electron chi connectivity index (χ4n) is 2.05. The van der Waals surface area contributed by atoms with Crippen LogP contribution in [0.5, 0.6) is 0 Å². The second-order valence-electron chi connectivity index (χ2n) is 5.41. The van der Waals surface area contributed by atoms with Crippen LogP contribution in [-0.2, 0) is 28.4 Å². The van der Waals surface area contributed by atoms with Gasteiger partial charge in [-0.3, -0.25) is 0 Å². The van der Waals surface area contributed by atoms with E-state index in [2.05, 4.69) is 4.37 Å². The van der Waals surface area contributed by atoms with Crippen LogP contribution in [-0.4, -0.2) is 18.5 Å². The zero-order valence-electron chi connectivity index (χ0n) is 13.5. The van der Waals surface area contributed by atoms with Gasteiger partial charge in [-0.15, -0.1) is 0 Å². The molecule has 30 heavy (non-hydrogen) atoms. The maximum atomic E-state index is 12.9. The average Bonchev–Trinajstić information content (AvgIpc) is 2.97. The number of anilines is 2. The summed E-state index contributed by atoms with van der Waals surface area (Å²) in [4.78, 5) is -2.10. The first-order chi connectivity index (χ1) is 13.3. The molecule has 0 aliphatic heterocycles. The van der Waals surface area contributed by atoms with Gasteiger partial charge in [-0.1, -0.05) is 0 Å². The highest BCUT2D eigenvalue weighted by Crippen LogP contribution is 2.44. The smallest absolute Gasteiger partial charge is 0.345 e. The lowest BCUT2D eigenvalue weighted by Crippen LogP contribution is -2.18. The fourth-order valence-corrected chi connectivity index (χ4v) is 4.21. The minimum atomic E-state index is -5.99. The molecule has 1 aromatic carbocycles. The molecule has 0 aliphatic rings. The molecule has 168 valence electrons. The first kappa shape index (κ1) is 24.1. The van der Waals surface area contributed by atoms with Crippen LogP contribution >= 0.6 is 11.5 Å². The standard InChI is InChI=1S/C13H5F11N2O2S2/c14-10(15)30(27,28)7-8(13(22,23)24)26-29-9(7)25-6-2-4(11(16,17)18)1-5(3-6)12(19,20)21/h1-3,10,25H. The molecule has 0 atom stereocenters. The van der Waals surface area contributed by atoms with Gasteiger partial charge in [-0.2, -0.15) is 52.7 Å². The molecule has 2 aromatic rings. The van der Waals surface area contributed by atoms with Gasteiger partial charge < -0.3 is 5.32 Å². The van der Waals surface area contributed by atoms with E-state index in [1.807, 2.05) is 0 Å². The average molecular weight is 494 g/mol. The lowest BCUT2D eigenvalue weighted by molar-refractivity contribution is -0.143. The Morgan fingerprint density at radius 3 is 1.67 bits per heavy atom. The van der Waals surface area contributed by atoms with Gasteiger partial charge in [-0.05, 0) is 29.7 Å². The van der Waals surface area contributed by atoms with Crippen molar-refractivity contribution in [3.63, 3.8) is 0 Å². The Balaban J connectivity index is 2.71. The number of nitrogens with one attached hydrogen (secondary N) is 1. The molecule has 0 aliphatic carbocycles. The lowest BCUT2D eigenvalue weighted by Gasteiger charge is -2.15. The van der Waals surface area contributed by atoms with E-state index in [1.54, 1.807) is 5.32 Å². The summed E-state index contributed by atoms with van der Waals surface area (Å²) in [7, 11) is -5.99. The number of benzene rings is 1. The van der Waals surface area contributed by atoms with Crippen molar-refractivity contribution in [3.05, 3.63) is 35.0 Å². The van der Waals surface area contributed by atoms with Crippen molar-refractivity contribution in [2.75, 3.05) is 5.32 Å². The van der Waals surface area contributed by atoms with Crippen LogP contribution in [0.15, 0.2) is 23.1 Å². The number of nitrogens with zero attached hydrogens (tertiary/aromatic N) is 1. The summed E-state index contributed by atoms with van der Waals surface area (Å²) >= 11 is -0.387. The maximum absolute atomic E-state index is 12.9. The number of rotatable bonds is 4. The van der Waals surface area contributed by atoms with Gasteiger partial charge in [0, 0.05) is 5.69 Å². The minimum absolute atomic E-state index is 0.0288. The van der Waals surface area contributed by atoms with Gasteiger partial charge in [0.2, 0.25) is 9.84 Å². The van der Waals surface area contributed by atoms with Crippen molar-refractivity contribution < 1.29 is 56.7 Å². The monoisotopic (exact) mass is 494 g/mol. The minimum Gasteiger partial charge on any atom is -0.345 e. The normalized spacial score (nSPS) is 13.7. The van der Waals surface area contributed by atoms with E-state index in [0.29, 0.717) is 0 Å². The van der Waals surface area contributed by atoms with Gasteiger partial charge >= 0.3 is 24.3 Å². The molecule has 1 aromatic heterocycles. The first-order valence-corrected chi connectivity index (χ1v) is 9.32.